The first-order valence-corrected chi connectivity index (χ1v) is 8.79. The summed E-state index contributed by atoms with van der Waals surface area (Å²) >= 11 is 0. The Balaban J connectivity index is 1.46. The fraction of sp³-hybridized carbons (Fsp3) is 0.474. The Bertz CT molecular complexity index is 802. The number of amides is 1. The molecule has 26 heavy (non-hydrogen) atoms. The fourth-order valence-electron chi connectivity index (χ4n) is 3.36. The molecule has 0 unspecified atom stereocenters. The van der Waals surface area contributed by atoms with Gasteiger partial charge in [-0.05, 0) is 56.4 Å². The molecule has 1 N–H and O–H groups in total. The largest absolute Gasteiger partial charge is 0.492 e. The van der Waals surface area contributed by atoms with Gasteiger partial charge < -0.3 is 10.1 Å². The van der Waals surface area contributed by atoms with E-state index in [0.717, 1.165) is 18.6 Å². The summed E-state index contributed by atoms with van der Waals surface area (Å²) in [7, 11) is 0. The van der Waals surface area contributed by atoms with Crippen molar-refractivity contribution in [2.24, 2.45) is 0 Å². The van der Waals surface area contributed by atoms with Crippen LogP contribution in [-0.4, -0.2) is 28.8 Å². The topological polar surface area (TPSA) is 56.2 Å². The Morgan fingerprint density at radius 1 is 1.31 bits per heavy atom. The van der Waals surface area contributed by atoms with Gasteiger partial charge in [-0.2, -0.15) is 13.9 Å². The van der Waals surface area contributed by atoms with Crippen LogP contribution < -0.4 is 10.1 Å². The lowest BCUT2D eigenvalue weighted by molar-refractivity contribution is -0.120. The van der Waals surface area contributed by atoms with Crippen molar-refractivity contribution in [2.45, 2.75) is 46.1 Å². The molecule has 0 atom stereocenters. The van der Waals surface area contributed by atoms with Crippen LogP contribution in [0.15, 0.2) is 18.2 Å². The van der Waals surface area contributed by atoms with E-state index in [1.807, 2.05) is 6.07 Å². The molecule has 0 radical (unpaired) electrons. The van der Waals surface area contributed by atoms with Crippen LogP contribution in [-0.2, 0) is 24.1 Å². The zero-order chi connectivity index (χ0) is 18.7. The predicted molar refractivity (Wildman–Crippen MR) is 93.6 cm³/mol. The first kappa shape index (κ1) is 18.4. The van der Waals surface area contributed by atoms with Gasteiger partial charge in [0.1, 0.15) is 12.4 Å². The van der Waals surface area contributed by atoms with Gasteiger partial charge in [0, 0.05) is 11.3 Å². The minimum Gasteiger partial charge on any atom is -0.492 e. The van der Waals surface area contributed by atoms with Gasteiger partial charge >= 0.3 is 6.55 Å². The van der Waals surface area contributed by atoms with Crippen molar-refractivity contribution in [3.8, 4) is 5.75 Å². The second-order valence-corrected chi connectivity index (χ2v) is 6.53. The smallest absolute Gasteiger partial charge is 0.333 e. The molecule has 5 nitrogen and oxygen atoms in total. The van der Waals surface area contributed by atoms with Crippen LogP contribution in [0.1, 0.15) is 41.0 Å². The summed E-state index contributed by atoms with van der Waals surface area (Å²) in [4.78, 5) is 12.1. The van der Waals surface area contributed by atoms with Gasteiger partial charge in [-0.15, -0.1) is 0 Å². The third kappa shape index (κ3) is 4.03. The van der Waals surface area contributed by atoms with Crippen molar-refractivity contribution in [2.75, 3.05) is 13.2 Å². The molecule has 0 saturated carbocycles. The lowest BCUT2D eigenvalue weighted by Gasteiger charge is -2.09. The number of nitrogens with zero attached hydrogens (tertiary/aromatic N) is 2. The molecule has 1 heterocycles. The summed E-state index contributed by atoms with van der Waals surface area (Å²) in [5, 5.41) is 6.55. The van der Waals surface area contributed by atoms with Gasteiger partial charge in [-0.3, -0.25) is 4.79 Å². The van der Waals surface area contributed by atoms with Crippen LogP contribution in [0.4, 0.5) is 8.78 Å². The number of hydrogen-bond acceptors (Lipinski definition) is 3. The number of fused-ring (bicyclic) bond motifs is 1. The molecule has 2 aromatic rings. The Kier molecular flexibility index (Phi) is 5.54. The molecule has 0 bridgehead atoms. The number of alkyl halides is 2. The number of aryl methyl sites for hydroxylation is 3. The second-order valence-electron chi connectivity index (χ2n) is 6.53. The zero-order valence-electron chi connectivity index (χ0n) is 15.0. The number of rotatable bonds is 7. The molecule has 1 aliphatic rings. The van der Waals surface area contributed by atoms with E-state index in [2.05, 4.69) is 22.5 Å². The van der Waals surface area contributed by atoms with Crippen molar-refractivity contribution in [3.63, 3.8) is 0 Å². The maximum absolute atomic E-state index is 12.8. The highest BCUT2D eigenvalue weighted by Crippen LogP contribution is 2.26. The number of carbonyl (C=O) groups is 1. The Morgan fingerprint density at radius 3 is 2.81 bits per heavy atom. The summed E-state index contributed by atoms with van der Waals surface area (Å²) in [6.45, 7) is 1.19. The van der Waals surface area contributed by atoms with E-state index in [1.165, 1.54) is 17.5 Å². The molecular formula is C19H23F2N3O2. The Hall–Kier alpha value is -2.44. The molecule has 140 valence electrons. The van der Waals surface area contributed by atoms with Crippen LogP contribution in [0.3, 0.4) is 0 Å². The standard InChI is InChI=1S/C19H23F2N3O2/c1-12-17(13(2)24(23-12)19(20)21)11-18(25)22-8-9-26-16-7-6-14-4-3-5-15(14)10-16/h6-7,10,19H,3-5,8-9,11H2,1-2H3,(H,22,25). The van der Waals surface area contributed by atoms with Gasteiger partial charge in [0.05, 0.1) is 18.7 Å². The number of halogens is 2. The SMILES string of the molecule is Cc1nn(C(F)F)c(C)c1CC(=O)NCCOc1ccc2c(c1)CCC2. The predicted octanol–water partition coefficient (Wildman–Crippen LogP) is 3.12. The number of aromatic nitrogens is 2. The highest BCUT2D eigenvalue weighted by molar-refractivity contribution is 5.79. The van der Waals surface area contributed by atoms with Gasteiger partial charge in [-0.1, -0.05) is 6.07 Å². The van der Waals surface area contributed by atoms with Crippen molar-refractivity contribution in [1.29, 1.82) is 0 Å². The third-order valence-corrected chi connectivity index (χ3v) is 4.76. The molecule has 1 aliphatic carbocycles. The van der Waals surface area contributed by atoms with E-state index in [4.69, 9.17) is 4.74 Å². The summed E-state index contributed by atoms with van der Waals surface area (Å²) < 4.78 is 32.0. The van der Waals surface area contributed by atoms with E-state index in [-0.39, 0.29) is 12.3 Å². The maximum Gasteiger partial charge on any atom is 0.333 e. The minimum atomic E-state index is -2.70. The van der Waals surface area contributed by atoms with Crippen LogP contribution in [0.5, 0.6) is 5.75 Å². The minimum absolute atomic E-state index is 0.0310. The molecule has 0 fully saturated rings. The Morgan fingerprint density at radius 2 is 2.08 bits per heavy atom. The van der Waals surface area contributed by atoms with Crippen molar-refractivity contribution in [3.05, 3.63) is 46.3 Å². The number of benzene rings is 1. The number of ether oxygens (including phenoxy) is 1. The first-order chi connectivity index (χ1) is 12.5. The highest BCUT2D eigenvalue weighted by Gasteiger charge is 2.19. The van der Waals surface area contributed by atoms with E-state index >= 15 is 0 Å². The quantitative estimate of drug-likeness (QED) is 0.769. The number of carbonyl (C=O) groups excluding carboxylic acids is 1. The zero-order valence-corrected chi connectivity index (χ0v) is 15.0. The monoisotopic (exact) mass is 363 g/mol. The van der Waals surface area contributed by atoms with Gasteiger partial charge in [0.25, 0.3) is 0 Å². The van der Waals surface area contributed by atoms with E-state index < -0.39 is 6.55 Å². The van der Waals surface area contributed by atoms with Crippen LogP contribution >= 0.6 is 0 Å². The number of nitrogens with one attached hydrogen (secondary N) is 1. The average molecular weight is 363 g/mol. The molecular weight excluding hydrogens is 340 g/mol. The van der Waals surface area contributed by atoms with Crippen LogP contribution in [0, 0.1) is 13.8 Å². The molecule has 1 amide bonds. The molecule has 1 aromatic carbocycles. The lowest BCUT2D eigenvalue weighted by atomic mass is 10.1. The van der Waals surface area contributed by atoms with Crippen molar-refractivity contribution in [1.82, 2.24) is 15.1 Å². The molecule has 0 aliphatic heterocycles. The van der Waals surface area contributed by atoms with Crippen molar-refractivity contribution < 1.29 is 18.3 Å². The average Bonchev–Trinajstić information content (AvgIpc) is 3.18. The summed E-state index contributed by atoms with van der Waals surface area (Å²) in [6, 6.07) is 6.12. The fourth-order valence-corrected chi connectivity index (χ4v) is 3.36. The molecule has 7 heteroatoms. The summed E-state index contributed by atoms with van der Waals surface area (Å²) in [5.41, 5.74) is 4.05. The van der Waals surface area contributed by atoms with Crippen molar-refractivity contribution >= 4 is 5.91 Å². The van der Waals surface area contributed by atoms with E-state index in [9.17, 15) is 13.6 Å². The van der Waals surface area contributed by atoms with E-state index in [1.54, 1.807) is 13.8 Å². The van der Waals surface area contributed by atoms with Crippen LogP contribution in [0.25, 0.3) is 0 Å². The first-order valence-electron chi connectivity index (χ1n) is 8.79. The summed E-state index contributed by atoms with van der Waals surface area (Å²) in [6.07, 6.45) is 3.44. The Labute approximate surface area is 151 Å². The molecule has 1 aromatic heterocycles. The third-order valence-electron chi connectivity index (χ3n) is 4.76. The van der Waals surface area contributed by atoms with Crippen LogP contribution in [0.2, 0.25) is 0 Å². The van der Waals surface area contributed by atoms with E-state index in [0.29, 0.717) is 34.8 Å². The summed E-state index contributed by atoms with van der Waals surface area (Å²) in [5.74, 6) is 0.576. The molecule has 0 saturated heterocycles. The lowest BCUT2D eigenvalue weighted by Crippen LogP contribution is -2.29. The van der Waals surface area contributed by atoms with Gasteiger partial charge in [-0.25, -0.2) is 4.68 Å². The second kappa shape index (κ2) is 7.85. The number of hydrogen-bond donors (Lipinski definition) is 1. The van der Waals surface area contributed by atoms with Gasteiger partial charge in [0.15, 0.2) is 0 Å². The highest BCUT2D eigenvalue weighted by atomic mass is 19.3. The normalized spacial score (nSPS) is 13.1. The molecule has 0 spiro atoms. The van der Waals surface area contributed by atoms with Gasteiger partial charge in [0.2, 0.25) is 5.91 Å². The maximum atomic E-state index is 12.8. The molecule has 3 rings (SSSR count).